The molecule has 1 aliphatic heterocycles. The highest BCUT2D eigenvalue weighted by molar-refractivity contribution is 6.43. The second kappa shape index (κ2) is 11.7. The Labute approximate surface area is 237 Å². The summed E-state index contributed by atoms with van der Waals surface area (Å²) in [5, 5.41) is 12.2. The highest BCUT2D eigenvalue weighted by atomic mass is 35.5. The fraction of sp³-hybridized carbons (Fsp3) is 0.321. The molecule has 3 N–H and O–H groups in total. The number of primary amides is 1. The molecule has 0 radical (unpaired) electrons. The zero-order valence-electron chi connectivity index (χ0n) is 21.7. The number of amides is 2. The van der Waals surface area contributed by atoms with Crippen LogP contribution in [0.25, 0.3) is 16.7 Å². The molecule has 39 heavy (non-hydrogen) atoms. The lowest BCUT2D eigenvalue weighted by atomic mass is 10.2. The molecule has 11 heteroatoms. The number of halogens is 2. The third-order valence-electron chi connectivity index (χ3n) is 7.23. The van der Waals surface area contributed by atoms with E-state index in [1.54, 1.807) is 11.0 Å². The molecule has 5 rings (SSSR count). The minimum absolute atomic E-state index is 0.129. The summed E-state index contributed by atoms with van der Waals surface area (Å²) in [6.07, 6.45) is 2.98. The van der Waals surface area contributed by atoms with Crippen LogP contribution >= 0.6 is 23.2 Å². The highest BCUT2D eigenvalue weighted by Crippen LogP contribution is 2.38. The maximum Gasteiger partial charge on any atom is 0.320 e. The van der Waals surface area contributed by atoms with E-state index in [9.17, 15) is 9.90 Å². The summed E-state index contributed by atoms with van der Waals surface area (Å²) >= 11 is 12.6. The zero-order valence-corrected chi connectivity index (χ0v) is 23.2. The number of nitrogens with zero attached hydrogens (tertiary/aromatic N) is 6. The van der Waals surface area contributed by atoms with Crippen molar-refractivity contribution < 1.29 is 9.90 Å². The second-order valence-electron chi connectivity index (χ2n) is 9.61. The topological polar surface area (TPSA) is 104 Å². The summed E-state index contributed by atoms with van der Waals surface area (Å²) in [6, 6.07) is 14.8. The molecule has 0 atom stereocenters. The number of unbranched alkanes of at least 4 members (excludes halogenated alkanes) is 1. The van der Waals surface area contributed by atoms with Gasteiger partial charge in [-0.2, -0.15) is 0 Å². The van der Waals surface area contributed by atoms with E-state index in [4.69, 9.17) is 28.9 Å². The van der Waals surface area contributed by atoms with E-state index < -0.39 is 6.03 Å². The van der Waals surface area contributed by atoms with E-state index in [1.165, 1.54) is 6.33 Å². The first kappa shape index (κ1) is 27.1. The quantitative estimate of drug-likeness (QED) is 0.282. The van der Waals surface area contributed by atoms with Gasteiger partial charge in [0, 0.05) is 44.0 Å². The number of aryl methyl sites for hydroxylation is 1. The Balaban J connectivity index is 1.27. The molecule has 4 aromatic rings. The second-order valence-corrected chi connectivity index (χ2v) is 10.4. The van der Waals surface area contributed by atoms with E-state index in [-0.39, 0.29) is 5.88 Å². The Morgan fingerprint density at radius 3 is 2.49 bits per heavy atom. The first-order valence-electron chi connectivity index (χ1n) is 13.0. The molecule has 204 valence electrons. The number of carbonyl (C=O) groups is 1. The van der Waals surface area contributed by atoms with Crippen LogP contribution in [0, 0.1) is 6.92 Å². The fourth-order valence-corrected chi connectivity index (χ4v) is 5.69. The van der Waals surface area contributed by atoms with Crippen molar-refractivity contribution in [3.05, 3.63) is 70.5 Å². The van der Waals surface area contributed by atoms with Gasteiger partial charge in [0.05, 0.1) is 21.1 Å². The lowest BCUT2D eigenvalue weighted by Crippen LogP contribution is -2.46. The van der Waals surface area contributed by atoms with Gasteiger partial charge < -0.3 is 15.7 Å². The molecular weight excluding hydrogens is 537 g/mol. The van der Waals surface area contributed by atoms with Gasteiger partial charge in [0.25, 0.3) is 0 Å². The molecule has 0 aliphatic carbocycles. The average molecular weight is 569 g/mol. The zero-order chi connectivity index (χ0) is 27.5. The van der Waals surface area contributed by atoms with Crippen molar-refractivity contribution in [2.75, 3.05) is 49.1 Å². The smallest absolute Gasteiger partial charge is 0.320 e. The number of piperazine rings is 1. The van der Waals surface area contributed by atoms with Crippen molar-refractivity contribution in [1.82, 2.24) is 19.4 Å². The van der Waals surface area contributed by atoms with Crippen LogP contribution in [0.4, 0.5) is 16.3 Å². The summed E-state index contributed by atoms with van der Waals surface area (Å²) in [5.74, 6) is 0.461. The number of urea groups is 1. The normalized spacial score (nSPS) is 14.2. The van der Waals surface area contributed by atoms with Crippen molar-refractivity contribution in [3.63, 3.8) is 0 Å². The maximum absolute atomic E-state index is 12.7. The van der Waals surface area contributed by atoms with E-state index in [0.717, 1.165) is 56.9 Å². The monoisotopic (exact) mass is 567 g/mol. The molecule has 0 saturated carbocycles. The largest absolute Gasteiger partial charge is 0.493 e. The summed E-state index contributed by atoms with van der Waals surface area (Å²) in [4.78, 5) is 27.4. The average Bonchev–Trinajstić information content (AvgIpc) is 3.23. The number of carbonyl (C=O) groups excluding carboxylic acids is 1. The predicted molar refractivity (Wildman–Crippen MR) is 157 cm³/mol. The highest BCUT2D eigenvalue weighted by Gasteiger charge is 2.27. The molecule has 2 aromatic heterocycles. The molecule has 0 bridgehead atoms. The van der Waals surface area contributed by atoms with E-state index >= 15 is 0 Å². The van der Waals surface area contributed by atoms with Crippen LogP contribution in [0.5, 0.6) is 5.88 Å². The van der Waals surface area contributed by atoms with Gasteiger partial charge in [-0.1, -0.05) is 47.5 Å². The van der Waals surface area contributed by atoms with Crippen molar-refractivity contribution >= 4 is 51.8 Å². The Morgan fingerprint density at radius 1 is 1.03 bits per heavy atom. The Bertz CT molecular complexity index is 1470. The summed E-state index contributed by atoms with van der Waals surface area (Å²) in [5.41, 5.74) is 8.90. The van der Waals surface area contributed by atoms with Crippen molar-refractivity contribution in [2.45, 2.75) is 19.8 Å². The number of hydrogen-bond acceptors (Lipinski definition) is 6. The number of nitrogens with two attached hydrogens (primary N) is 1. The lowest BCUT2D eigenvalue weighted by Gasteiger charge is -2.36. The lowest BCUT2D eigenvalue weighted by molar-refractivity contribution is 0.249. The minimum Gasteiger partial charge on any atom is -0.493 e. The number of hydrogen-bond donors (Lipinski definition) is 2. The maximum atomic E-state index is 12.7. The first-order valence-corrected chi connectivity index (χ1v) is 13.7. The van der Waals surface area contributed by atoms with E-state index in [1.807, 2.05) is 54.0 Å². The molecule has 9 nitrogen and oxygen atoms in total. The minimum atomic E-state index is -0.558. The number of rotatable bonds is 8. The summed E-state index contributed by atoms with van der Waals surface area (Å²) in [6.45, 7) is 6.77. The summed E-state index contributed by atoms with van der Waals surface area (Å²) < 4.78 is 1.86. The van der Waals surface area contributed by atoms with Gasteiger partial charge in [-0.05, 0) is 50.6 Å². The van der Waals surface area contributed by atoms with Gasteiger partial charge in [0.15, 0.2) is 5.65 Å². The SMILES string of the molecule is Cc1c(N(CCCCN2CCN(c3cccc(Cl)c3Cl)CC2)C(N)=O)n(-c2ccccc2)c2ncnc(O)c12. The van der Waals surface area contributed by atoms with Gasteiger partial charge in [-0.25, -0.2) is 14.8 Å². The number of aromatic nitrogens is 3. The molecular formula is C28H31Cl2N7O2. The molecule has 2 amide bonds. The van der Waals surface area contributed by atoms with Gasteiger partial charge >= 0.3 is 6.03 Å². The molecule has 1 saturated heterocycles. The third kappa shape index (κ3) is 5.48. The number of anilines is 2. The Morgan fingerprint density at radius 2 is 1.77 bits per heavy atom. The predicted octanol–water partition coefficient (Wildman–Crippen LogP) is 5.23. The van der Waals surface area contributed by atoms with Gasteiger partial charge in [-0.3, -0.25) is 14.4 Å². The number of fused-ring (bicyclic) bond motifs is 1. The van der Waals surface area contributed by atoms with Gasteiger partial charge in [-0.15, -0.1) is 0 Å². The first-order chi connectivity index (χ1) is 18.9. The van der Waals surface area contributed by atoms with Crippen molar-refractivity contribution in [3.8, 4) is 11.6 Å². The molecule has 0 unspecified atom stereocenters. The van der Waals surface area contributed by atoms with Gasteiger partial charge in [0.1, 0.15) is 12.1 Å². The summed E-state index contributed by atoms with van der Waals surface area (Å²) in [7, 11) is 0. The van der Waals surface area contributed by atoms with Crippen LogP contribution in [0.2, 0.25) is 10.0 Å². The molecule has 3 heterocycles. The van der Waals surface area contributed by atoms with Crippen molar-refractivity contribution in [1.29, 1.82) is 0 Å². The van der Waals surface area contributed by atoms with Crippen LogP contribution in [0.3, 0.4) is 0 Å². The Kier molecular flexibility index (Phi) is 8.11. The van der Waals surface area contributed by atoms with Crippen LogP contribution < -0.4 is 15.5 Å². The Hall–Kier alpha value is -3.53. The number of aromatic hydroxyl groups is 1. The van der Waals surface area contributed by atoms with E-state index in [2.05, 4.69) is 19.8 Å². The molecule has 1 aliphatic rings. The van der Waals surface area contributed by atoms with Gasteiger partial charge in [0.2, 0.25) is 5.88 Å². The molecule has 1 fully saturated rings. The van der Waals surface area contributed by atoms with Crippen molar-refractivity contribution in [2.24, 2.45) is 5.73 Å². The third-order valence-corrected chi connectivity index (χ3v) is 8.04. The molecule has 0 spiro atoms. The number of benzene rings is 2. The van der Waals surface area contributed by atoms with E-state index in [0.29, 0.717) is 39.0 Å². The molecule has 2 aromatic carbocycles. The van der Waals surface area contributed by atoms with Crippen LogP contribution in [0.15, 0.2) is 54.9 Å². The van der Waals surface area contributed by atoms with Crippen LogP contribution in [0.1, 0.15) is 18.4 Å². The van der Waals surface area contributed by atoms with Crippen LogP contribution in [-0.2, 0) is 0 Å². The van der Waals surface area contributed by atoms with Crippen LogP contribution in [-0.4, -0.2) is 69.8 Å². The number of para-hydroxylation sites is 1. The fourth-order valence-electron chi connectivity index (χ4n) is 5.27. The standard InChI is InChI=1S/C28H31Cl2N7O2/c1-19-23-25(32-18-33-26(23)38)37(20-8-3-2-4-9-20)27(19)36(28(31)39)13-6-5-12-34-14-16-35(17-15-34)22-11-7-10-21(29)24(22)30/h2-4,7-11,18H,5-6,12-17H2,1H3,(H2,31,39)(H,32,33,38).